The van der Waals surface area contributed by atoms with E-state index >= 15 is 35.1 Å². The monoisotopic (exact) mass is 702 g/mol. The zero-order chi connectivity index (χ0) is 38.4. The molecule has 52 heavy (non-hydrogen) atoms. The van der Waals surface area contributed by atoms with Crippen LogP contribution in [0, 0.1) is 71.6 Å². The molecule has 0 fully saturated rings. The van der Waals surface area contributed by atoms with E-state index in [1.807, 2.05) is 0 Å². The molecule has 0 saturated heterocycles. The van der Waals surface area contributed by atoms with Crippen molar-refractivity contribution in [1.82, 2.24) is 0 Å². The highest BCUT2D eigenvalue weighted by atomic mass is 19.4. The van der Waals surface area contributed by atoms with Crippen molar-refractivity contribution in [1.29, 1.82) is 21.0 Å². The lowest BCUT2D eigenvalue weighted by Gasteiger charge is -2.25. The fourth-order valence-electron chi connectivity index (χ4n) is 5.94. The third kappa shape index (κ3) is 5.24. The van der Waals surface area contributed by atoms with E-state index in [1.165, 1.54) is 6.07 Å². The van der Waals surface area contributed by atoms with E-state index in [0.29, 0.717) is 0 Å². The molecule has 16 heteroatoms. The summed E-state index contributed by atoms with van der Waals surface area (Å²) in [5.74, 6) is -4.09. The summed E-state index contributed by atoms with van der Waals surface area (Å²) in [7, 11) is 0. The third-order valence-corrected chi connectivity index (χ3v) is 7.77. The van der Waals surface area contributed by atoms with Crippen molar-refractivity contribution in [2.24, 2.45) is 0 Å². The number of hydrogen-bond donors (Lipinski definition) is 0. The molecule has 8 nitrogen and oxygen atoms in total. The summed E-state index contributed by atoms with van der Waals surface area (Å²) in [5.41, 5.74) is -23.0. The molecule has 5 rings (SSSR count). The molecule has 0 unspecified atom stereocenters. The molecular formula is C36H6F8N8. The van der Waals surface area contributed by atoms with Crippen LogP contribution in [0.5, 0.6) is 0 Å². The molecule has 2 aliphatic rings. The van der Waals surface area contributed by atoms with E-state index in [2.05, 4.69) is 19.4 Å². The molecule has 3 aromatic rings. The molecular weight excluding hydrogens is 696 g/mol. The van der Waals surface area contributed by atoms with Crippen LogP contribution in [0.15, 0.2) is 48.1 Å². The molecule has 0 amide bonds. The number of allylic oxidation sites excluding steroid dienone is 6. The molecule has 3 aromatic carbocycles. The normalized spacial score (nSPS) is 15.1. The highest BCUT2D eigenvalue weighted by molar-refractivity contribution is 6.19. The summed E-state index contributed by atoms with van der Waals surface area (Å²) in [4.78, 5) is 11.9. The van der Waals surface area contributed by atoms with Crippen LogP contribution >= 0.6 is 0 Å². The number of halogens is 8. The molecule has 0 saturated carbocycles. The first-order valence-corrected chi connectivity index (χ1v) is 13.7. The summed E-state index contributed by atoms with van der Waals surface area (Å²) in [6.45, 7) is 29.9. The Kier molecular flexibility index (Phi) is 8.45. The van der Waals surface area contributed by atoms with Gasteiger partial charge in [-0.15, -0.1) is 0 Å². The lowest BCUT2D eigenvalue weighted by molar-refractivity contribution is -0.141. The Labute approximate surface area is 287 Å². The summed E-state index contributed by atoms with van der Waals surface area (Å²) in [6.07, 6.45) is -11.8. The summed E-state index contributed by atoms with van der Waals surface area (Å²) in [5, 5.41) is 38.9. The van der Waals surface area contributed by atoms with Crippen molar-refractivity contribution in [3.05, 3.63) is 149 Å². The zero-order valence-electron chi connectivity index (χ0n) is 25.1. The van der Waals surface area contributed by atoms with Gasteiger partial charge in [-0.1, -0.05) is 18.2 Å². The largest absolute Gasteiger partial charge is 0.417 e. The highest BCUT2D eigenvalue weighted by Gasteiger charge is 2.54. The van der Waals surface area contributed by atoms with Crippen LogP contribution in [-0.2, 0) is 12.4 Å². The van der Waals surface area contributed by atoms with Gasteiger partial charge in [0.25, 0.3) is 0 Å². The van der Waals surface area contributed by atoms with Gasteiger partial charge in [-0.05, 0) is 40.5 Å². The Balaban J connectivity index is 2.18. The van der Waals surface area contributed by atoms with Gasteiger partial charge >= 0.3 is 12.4 Å². The summed E-state index contributed by atoms with van der Waals surface area (Å²) in [6, 6.07) is 11.1. The maximum atomic E-state index is 16.4. The molecule has 0 aliphatic heterocycles. The maximum absolute atomic E-state index is 16.4. The van der Waals surface area contributed by atoms with Crippen molar-refractivity contribution in [2.75, 3.05) is 0 Å². The van der Waals surface area contributed by atoms with E-state index in [1.54, 1.807) is 12.1 Å². The second kappa shape index (κ2) is 12.5. The van der Waals surface area contributed by atoms with Crippen molar-refractivity contribution in [3.63, 3.8) is 0 Å². The second-order valence-electron chi connectivity index (χ2n) is 10.5. The predicted molar refractivity (Wildman–Crippen MR) is 165 cm³/mol. The Hall–Kier alpha value is -8.02. The fraction of sp³-hybridized carbons (Fsp3) is 0.0556. The van der Waals surface area contributed by atoms with Crippen LogP contribution in [0.3, 0.4) is 0 Å². The first-order chi connectivity index (χ1) is 24.6. The van der Waals surface area contributed by atoms with Gasteiger partial charge in [-0.2, -0.15) is 47.4 Å². The molecule has 0 spiro atoms. The average Bonchev–Trinajstić information content (AvgIpc) is 3.55. The van der Waals surface area contributed by atoms with Gasteiger partial charge < -0.3 is 0 Å². The van der Waals surface area contributed by atoms with Crippen LogP contribution in [0.25, 0.3) is 53.1 Å². The lowest BCUT2D eigenvalue weighted by Crippen LogP contribution is -2.20. The quantitative estimate of drug-likeness (QED) is 0.150. The number of alkyl halides is 6. The minimum Gasteiger partial charge on any atom is -0.239 e. The van der Waals surface area contributed by atoms with E-state index in [0.717, 1.165) is 42.5 Å². The van der Waals surface area contributed by atoms with Gasteiger partial charge in [-0.3, -0.25) is 0 Å². The Bertz CT molecular complexity index is 2470. The fourth-order valence-corrected chi connectivity index (χ4v) is 5.94. The summed E-state index contributed by atoms with van der Waals surface area (Å²) >= 11 is 0. The van der Waals surface area contributed by atoms with Crippen molar-refractivity contribution in [3.8, 4) is 24.3 Å². The SMILES string of the molecule is [C-]#[N+]C1=C(F)/C(=C(/C#N)c2cc([N+]#[C-])cc([N+]#[C-])c2)c2c1c(C(F)(F)F)c1c(c2C(F)(F)F)/C(=C(\[N+]#[C-])c2cc(C#N)cc(C#N)c2)C(F)=C1C#N. The summed E-state index contributed by atoms with van der Waals surface area (Å²) < 4.78 is 125. The molecule has 0 heterocycles. The van der Waals surface area contributed by atoms with E-state index in [9.17, 15) is 21.0 Å². The lowest BCUT2D eigenvalue weighted by atomic mass is 9.81. The molecule has 0 aromatic heterocycles. The smallest absolute Gasteiger partial charge is 0.239 e. The number of hydrogen-bond acceptors (Lipinski definition) is 4. The van der Waals surface area contributed by atoms with Crippen LogP contribution < -0.4 is 0 Å². The van der Waals surface area contributed by atoms with E-state index in [-0.39, 0.29) is 22.5 Å². The van der Waals surface area contributed by atoms with Gasteiger partial charge in [-0.25, -0.2) is 28.2 Å². The van der Waals surface area contributed by atoms with Crippen LogP contribution in [0.1, 0.15) is 55.6 Å². The molecule has 0 radical (unpaired) electrons. The number of nitrogens with zero attached hydrogens (tertiary/aromatic N) is 8. The number of fused-ring (bicyclic) bond motifs is 2. The number of nitriles is 4. The Morgan fingerprint density at radius 3 is 1.52 bits per heavy atom. The van der Waals surface area contributed by atoms with Gasteiger partial charge in [0.15, 0.2) is 11.4 Å². The molecule has 2 aliphatic carbocycles. The first-order valence-electron chi connectivity index (χ1n) is 13.7. The first kappa shape index (κ1) is 35.3. The van der Waals surface area contributed by atoms with Gasteiger partial charge in [0.1, 0.15) is 23.8 Å². The van der Waals surface area contributed by atoms with E-state index in [4.69, 9.17) is 26.3 Å². The average molecular weight is 702 g/mol. The molecule has 246 valence electrons. The van der Waals surface area contributed by atoms with Crippen LogP contribution in [0.4, 0.5) is 46.5 Å². The topological polar surface area (TPSA) is 113 Å². The Morgan fingerprint density at radius 2 is 1.10 bits per heavy atom. The molecule has 0 bridgehead atoms. The van der Waals surface area contributed by atoms with Gasteiger partial charge in [0, 0.05) is 22.3 Å². The van der Waals surface area contributed by atoms with Crippen molar-refractivity contribution >= 4 is 45.1 Å². The predicted octanol–water partition coefficient (Wildman–Crippen LogP) is 10.6. The molecule has 0 atom stereocenters. The number of benzene rings is 3. The van der Waals surface area contributed by atoms with Crippen molar-refractivity contribution in [2.45, 2.75) is 12.4 Å². The second-order valence-corrected chi connectivity index (χ2v) is 10.5. The maximum Gasteiger partial charge on any atom is 0.417 e. The zero-order valence-corrected chi connectivity index (χ0v) is 25.1. The number of rotatable bonds is 2. The van der Waals surface area contributed by atoms with Gasteiger partial charge in [0.05, 0.1) is 71.8 Å². The molecule has 0 N–H and O–H groups in total. The Morgan fingerprint density at radius 1 is 0.577 bits per heavy atom. The standard InChI is InChI=1S/C36H6F8N8/c1-49-19-8-17(9-20(10-19)50-2)21(13-47)24-26-27(34(52-4)32(24)38)29(35(39,40)41)23-22(14-48)31(37)28(25(23)30(26)36(42,43)44)33(51-3)18-6-15(11-45)5-16(7-18)12-46/h5-10H/b24-21-,33-28+. The van der Waals surface area contributed by atoms with Crippen molar-refractivity contribution < 1.29 is 35.1 Å². The minimum absolute atomic E-state index is 0.364. The third-order valence-electron chi connectivity index (χ3n) is 7.77. The van der Waals surface area contributed by atoms with E-state index < -0.39 is 102 Å². The van der Waals surface area contributed by atoms with Crippen LogP contribution in [0.2, 0.25) is 0 Å². The van der Waals surface area contributed by atoms with Gasteiger partial charge in [0.2, 0.25) is 11.4 Å². The minimum atomic E-state index is -5.90. The van der Waals surface area contributed by atoms with Crippen LogP contribution in [-0.4, -0.2) is 0 Å². The highest BCUT2D eigenvalue weighted by Crippen LogP contribution is 2.62.